The Morgan fingerprint density at radius 2 is 1.63 bits per heavy atom. The lowest BCUT2D eigenvalue weighted by Gasteiger charge is -2.05. The number of anilines is 2. The molecule has 1 aromatic carbocycles. The summed E-state index contributed by atoms with van der Waals surface area (Å²) in [5, 5.41) is 4.10. The van der Waals surface area contributed by atoms with Crippen LogP contribution in [0.1, 0.15) is 0 Å². The fraction of sp³-hybridized carbons (Fsp3) is 0. The molecule has 2 heterocycles. The molecule has 0 aliphatic carbocycles. The van der Waals surface area contributed by atoms with Crippen molar-refractivity contribution < 1.29 is 21.4 Å². The van der Waals surface area contributed by atoms with Gasteiger partial charge in [0.15, 0.2) is 12.4 Å². The Morgan fingerprint density at radius 3 is 2.42 bits per heavy atom. The van der Waals surface area contributed by atoms with Crippen molar-refractivity contribution in [2.24, 2.45) is 0 Å². The van der Waals surface area contributed by atoms with Crippen molar-refractivity contribution in [3.8, 4) is 0 Å². The van der Waals surface area contributed by atoms with Gasteiger partial charge in [-0.15, -0.1) is 0 Å². The topological polar surface area (TPSA) is 16.1 Å². The van der Waals surface area contributed by atoms with Crippen molar-refractivity contribution in [3.63, 3.8) is 0 Å². The van der Waals surface area contributed by atoms with Crippen LogP contribution in [0.25, 0.3) is 5.52 Å². The van der Waals surface area contributed by atoms with E-state index in [0.717, 1.165) is 21.9 Å². The van der Waals surface area contributed by atoms with E-state index in [0.29, 0.717) is 0 Å². The molecule has 19 heavy (non-hydrogen) atoms. The molecule has 3 aromatic rings. The predicted molar refractivity (Wildman–Crippen MR) is 74.3 cm³/mol. The smallest absolute Gasteiger partial charge is 0.212 e. The highest BCUT2D eigenvalue weighted by Gasteiger charge is 2.02. The summed E-state index contributed by atoms with van der Waals surface area (Å²) in [6.07, 6.45) is 4.06. The number of fused-ring (bicyclic) bond motifs is 1. The van der Waals surface area contributed by atoms with Crippen LogP contribution in [0, 0.1) is 0 Å². The van der Waals surface area contributed by atoms with E-state index in [1.165, 1.54) is 0 Å². The molecule has 4 heteroatoms. The molecule has 0 amide bonds. The normalized spacial score (nSPS) is 9.95. The molecule has 0 fully saturated rings. The average molecular weight is 336 g/mol. The Hall–Kier alpha value is -1.58. The molecule has 0 bridgehead atoms. The number of benzene rings is 1. The molecule has 1 N–H and O–H groups in total. The Kier molecular flexibility index (Phi) is 4.40. The quantitative estimate of drug-likeness (QED) is 0.686. The van der Waals surface area contributed by atoms with E-state index in [1.807, 2.05) is 54.9 Å². The maximum Gasteiger partial charge on any atom is 0.212 e. The molecule has 2 nitrogen and oxygen atoms in total. The van der Waals surface area contributed by atoms with Crippen LogP contribution in [0.4, 0.5) is 11.4 Å². The molecule has 0 saturated heterocycles. The van der Waals surface area contributed by atoms with Crippen LogP contribution < -0.4 is 26.7 Å². The summed E-state index contributed by atoms with van der Waals surface area (Å²) in [4.78, 5) is 0. The first-order valence-electron chi connectivity index (χ1n) is 5.74. The van der Waals surface area contributed by atoms with Gasteiger partial charge in [0.05, 0.1) is 5.69 Å². The van der Waals surface area contributed by atoms with E-state index in [-0.39, 0.29) is 17.0 Å². The molecule has 0 saturated carbocycles. The minimum Gasteiger partial charge on any atom is -1.00 e. The van der Waals surface area contributed by atoms with E-state index >= 15 is 0 Å². The third kappa shape index (κ3) is 3.25. The molecule has 3 rings (SSSR count). The van der Waals surface area contributed by atoms with E-state index in [2.05, 4.69) is 21.9 Å². The molecule has 0 radical (unpaired) electrons. The van der Waals surface area contributed by atoms with E-state index in [4.69, 9.17) is 11.6 Å². The second kappa shape index (κ2) is 6.04. The second-order valence-corrected chi connectivity index (χ2v) is 4.52. The van der Waals surface area contributed by atoms with Gasteiger partial charge in [-0.05, 0) is 30.3 Å². The number of halogens is 2. The molecule has 0 aliphatic rings. The van der Waals surface area contributed by atoms with Crippen LogP contribution in [0.3, 0.4) is 0 Å². The largest absolute Gasteiger partial charge is 1.00 e. The Morgan fingerprint density at radius 1 is 0.842 bits per heavy atom. The van der Waals surface area contributed by atoms with Gasteiger partial charge in [-0.1, -0.05) is 11.6 Å². The Balaban J connectivity index is 0.00000133. The molecular weight excluding hydrogens is 324 g/mol. The Bertz CT molecular complexity index is 683. The Labute approximate surface area is 127 Å². The second-order valence-electron chi connectivity index (χ2n) is 4.08. The minimum absolute atomic E-state index is 0. The fourth-order valence-corrected chi connectivity index (χ4v) is 2.00. The number of nitrogens with one attached hydrogen (secondary N) is 1. The van der Waals surface area contributed by atoms with Crippen molar-refractivity contribution >= 4 is 28.5 Å². The lowest BCUT2D eigenvalue weighted by molar-refractivity contribution is -0.511. The zero-order valence-corrected chi connectivity index (χ0v) is 12.4. The predicted octanol–water partition coefficient (Wildman–Crippen LogP) is 0.826. The van der Waals surface area contributed by atoms with Crippen molar-refractivity contribution in [1.29, 1.82) is 0 Å². The van der Waals surface area contributed by atoms with Gasteiger partial charge in [-0.25, -0.2) is 0 Å². The SMILES string of the molecule is Clc1ccc(Nc2cc[n+]3ccccc3c2)cc1.[Br-]. The van der Waals surface area contributed by atoms with Crippen molar-refractivity contribution in [2.75, 3.05) is 5.32 Å². The number of rotatable bonds is 2. The zero-order chi connectivity index (χ0) is 12.4. The summed E-state index contributed by atoms with van der Waals surface area (Å²) in [6.45, 7) is 0. The number of pyridine rings is 2. The van der Waals surface area contributed by atoms with Crippen molar-refractivity contribution in [3.05, 3.63) is 72.0 Å². The zero-order valence-electron chi connectivity index (χ0n) is 10.1. The average Bonchev–Trinajstić information content (AvgIpc) is 2.41. The highest BCUT2D eigenvalue weighted by molar-refractivity contribution is 6.30. The van der Waals surface area contributed by atoms with E-state index < -0.39 is 0 Å². The summed E-state index contributed by atoms with van der Waals surface area (Å²) in [6, 6.07) is 17.9. The molecule has 0 aliphatic heterocycles. The highest BCUT2D eigenvalue weighted by Crippen LogP contribution is 2.18. The highest BCUT2D eigenvalue weighted by atomic mass is 79.9. The van der Waals surface area contributed by atoms with Gasteiger partial charge >= 0.3 is 0 Å². The van der Waals surface area contributed by atoms with Crippen LogP contribution in [-0.4, -0.2) is 0 Å². The van der Waals surface area contributed by atoms with Crippen molar-refractivity contribution in [1.82, 2.24) is 0 Å². The molecule has 2 aromatic heterocycles. The van der Waals surface area contributed by atoms with Gasteiger partial charge < -0.3 is 22.3 Å². The van der Waals surface area contributed by atoms with Gasteiger partial charge in [0, 0.05) is 35.0 Å². The number of hydrogen-bond donors (Lipinski definition) is 1. The lowest BCUT2D eigenvalue weighted by atomic mass is 10.2. The van der Waals surface area contributed by atoms with Gasteiger partial charge in [0.1, 0.15) is 0 Å². The van der Waals surface area contributed by atoms with Crippen LogP contribution in [-0.2, 0) is 0 Å². The fourth-order valence-electron chi connectivity index (χ4n) is 1.87. The van der Waals surface area contributed by atoms with E-state index in [1.54, 1.807) is 0 Å². The van der Waals surface area contributed by atoms with Crippen LogP contribution >= 0.6 is 11.6 Å². The molecule has 0 spiro atoms. The van der Waals surface area contributed by atoms with Crippen molar-refractivity contribution in [2.45, 2.75) is 0 Å². The molecule has 0 atom stereocenters. The number of aromatic nitrogens is 1. The van der Waals surface area contributed by atoms with Gasteiger partial charge in [0.2, 0.25) is 5.52 Å². The third-order valence-electron chi connectivity index (χ3n) is 2.77. The number of nitrogens with zero attached hydrogens (tertiary/aromatic N) is 1. The lowest BCUT2D eigenvalue weighted by Crippen LogP contribution is -3.00. The molecular formula is C15H12BrClN2. The van der Waals surface area contributed by atoms with Crippen LogP contribution in [0.5, 0.6) is 0 Å². The molecule has 0 unspecified atom stereocenters. The maximum absolute atomic E-state index is 5.86. The van der Waals surface area contributed by atoms with Crippen LogP contribution in [0.15, 0.2) is 67.0 Å². The first-order chi connectivity index (χ1) is 8.81. The summed E-state index contributed by atoms with van der Waals surface area (Å²) in [5.74, 6) is 0. The first kappa shape index (κ1) is 13.8. The number of hydrogen-bond acceptors (Lipinski definition) is 1. The van der Waals surface area contributed by atoms with Gasteiger partial charge in [-0.3, -0.25) is 0 Å². The third-order valence-corrected chi connectivity index (χ3v) is 3.03. The van der Waals surface area contributed by atoms with Crippen LogP contribution in [0.2, 0.25) is 5.02 Å². The summed E-state index contributed by atoms with van der Waals surface area (Å²) >= 11 is 5.86. The summed E-state index contributed by atoms with van der Waals surface area (Å²) < 4.78 is 2.08. The maximum atomic E-state index is 5.86. The summed E-state index contributed by atoms with van der Waals surface area (Å²) in [7, 11) is 0. The monoisotopic (exact) mass is 334 g/mol. The summed E-state index contributed by atoms with van der Waals surface area (Å²) in [5.41, 5.74) is 3.24. The van der Waals surface area contributed by atoms with Gasteiger partial charge in [0.25, 0.3) is 0 Å². The van der Waals surface area contributed by atoms with Gasteiger partial charge in [-0.2, -0.15) is 4.40 Å². The first-order valence-corrected chi connectivity index (χ1v) is 6.12. The van der Waals surface area contributed by atoms with E-state index in [9.17, 15) is 0 Å². The minimum atomic E-state index is 0. The standard InChI is InChI=1S/C15H11ClN2.BrH/c16-12-4-6-13(7-5-12)17-14-8-10-18-9-2-1-3-15(18)11-14;/h1-11H;1H. The molecule has 96 valence electrons.